The number of nitrogens with zero attached hydrogens (tertiary/aromatic N) is 2. The van der Waals surface area contributed by atoms with Crippen LogP contribution in [0.15, 0.2) is 48.5 Å². The van der Waals surface area contributed by atoms with E-state index in [1.165, 1.54) is 29.2 Å². The average Bonchev–Trinajstić information content (AvgIpc) is 2.54. The van der Waals surface area contributed by atoms with Crippen molar-refractivity contribution >= 4 is 22.9 Å². The van der Waals surface area contributed by atoms with Gasteiger partial charge in [-0.15, -0.1) is 0 Å². The molecule has 2 aromatic carbocycles. The molecule has 2 aromatic rings. The van der Waals surface area contributed by atoms with Gasteiger partial charge in [-0.1, -0.05) is 18.2 Å². The minimum absolute atomic E-state index is 0.0348. The number of aromatic hydroxyl groups is 1. The van der Waals surface area contributed by atoms with E-state index in [-0.39, 0.29) is 17.0 Å². The van der Waals surface area contributed by atoms with Gasteiger partial charge in [0.05, 0.1) is 16.1 Å². The van der Waals surface area contributed by atoms with Gasteiger partial charge in [0, 0.05) is 11.6 Å². The van der Waals surface area contributed by atoms with Gasteiger partial charge in [0.2, 0.25) is 0 Å². The predicted molar refractivity (Wildman–Crippen MR) is 95.7 cm³/mol. The molecular weight excluding hydrogens is 320 g/mol. The third kappa shape index (κ3) is 2.76. The van der Waals surface area contributed by atoms with E-state index < -0.39 is 16.4 Å². The SMILES string of the molecule is CC1=CC(C)(C)N(C(=O)c2ccccc2[N+](=O)[O-])c2ccc(O)cc21. The molecule has 1 N–H and O–H groups in total. The van der Waals surface area contributed by atoms with Gasteiger partial charge >= 0.3 is 0 Å². The van der Waals surface area contributed by atoms with Gasteiger partial charge in [0.25, 0.3) is 11.6 Å². The van der Waals surface area contributed by atoms with Crippen LogP contribution in [0.3, 0.4) is 0 Å². The number of benzene rings is 2. The first kappa shape index (κ1) is 16.7. The normalized spacial score (nSPS) is 15.3. The first-order valence-electron chi connectivity index (χ1n) is 7.83. The van der Waals surface area contributed by atoms with Crippen molar-refractivity contribution < 1.29 is 14.8 Å². The summed E-state index contributed by atoms with van der Waals surface area (Å²) in [6, 6.07) is 10.7. The van der Waals surface area contributed by atoms with Crippen LogP contribution < -0.4 is 4.90 Å². The van der Waals surface area contributed by atoms with Crippen LogP contribution in [0.5, 0.6) is 5.75 Å². The Morgan fingerprint density at radius 2 is 1.88 bits per heavy atom. The zero-order chi connectivity index (χ0) is 18.4. The zero-order valence-corrected chi connectivity index (χ0v) is 14.2. The van der Waals surface area contributed by atoms with Crippen LogP contribution in [-0.2, 0) is 0 Å². The number of rotatable bonds is 2. The number of hydrogen-bond acceptors (Lipinski definition) is 4. The molecular formula is C19H18N2O4. The van der Waals surface area contributed by atoms with Crippen LogP contribution in [0, 0.1) is 10.1 Å². The van der Waals surface area contributed by atoms with Crippen molar-refractivity contribution in [2.24, 2.45) is 0 Å². The molecule has 0 fully saturated rings. The summed E-state index contributed by atoms with van der Waals surface area (Å²) < 4.78 is 0. The third-order valence-electron chi connectivity index (χ3n) is 4.33. The predicted octanol–water partition coefficient (Wildman–Crippen LogP) is 4.14. The van der Waals surface area contributed by atoms with E-state index in [1.807, 2.05) is 26.8 Å². The molecule has 6 heteroatoms. The first-order valence-corrected chi connectivity index (χ1v) is 7.83. The van der Waals surface area contributed by atoms with Crippen molar-refractivity contribution in [3.63, 3.8) is 0 Å². The summed E-state index contributed by atoms with van der Waals surface area (Å²) in [7, 11) is 0. The molecule has 0 unspecified atom stereocenters. The fourth-order valence-corrected chi connectivity index (χ4v) is 3.32. The van der Waals surface area contributed by atoms with Crippen molar-refractivity contribution in [1.82, 2.24) is 0 Å². The number of fused-ring (bicyclic) bond motifs is 1. The molecule has 1 aliphatic rings. The van der Waals surface area contributed by atoms with E-state index in [9.17, 15) is 20.0 Å². The molecule has 25 heavy (non-hydrogen) atoms. The highest BCUT2D eigenvalue weighted by atomic mass is 16.6. The molecule has 0 saturated heterocycles. The summed E-state index contributed by atoms with van der Waals surface area (Å²) in [6.07, 6.45) is 1.92. The first-order chi connectivity index (χ1) is 11.7. The fraction of sp³-hybridized carbons (Fsp3) is 0.211. The molecule has 0 saturated carbocycles. The van der Waals surface area contributed by atoms with Gasteiger partial charge < -0.3 is 5.11 Å². The second kappa shape index (κ2) is 5.73. The number of para-hydroxylation sites is 1. The standard InChI is InChI=1S/C19H18N2O4/c1-12-11-19(2,3)20(16-9-8-13(22)10-15(12)16)18(23)14-6-4-5-7-17(14)21(24)25/h4-11,22H,1-3H3. The van der Waals surface area contributed by atoms with E-state index >= 15 is 0 Å². The highest BCUT2D eigenvalue weighted by molar-refractivity contribution is 6.12. The Morgan fingerprint density at radius 3 is 2.56 bits per heavy atom. The Labute approximate surface area is 145 Å². The summed E-state index contributed by atoms with van der Waals surface area (Å²) in [5, 5.41) is 21.1. The van der Waals surface area contributed by atoms with E-state index in [2.05, 4.69) is 0 Å². The van der Waals surface area contributed by atoms with Crippen molar-refractivity contribution in [3.8, 4) is 5.75 Å². The quantitative estimate of drug-likeness (QED) is 0.659. The Kier molecular flexibility index (Phi) is 3.83. The fourth-order valence-electron chi connectivity index (χ4n) is 3.32. The van der Waals surface area contributed by atoms with Crippen LogP contribution in [0.1, 0.15) is 36.7 Å². The molecule has 0 radical (unpaired) electrons. The minimum atomic E-state index is -0.672. The third-order valence-corrected chi connectivity index (χ3v) is 4.33. The number of phenolic OH excluding ortho intramolecular Hbond substituents is 1. The number of nitro groups is 1. The average molecular weight is 338 g/mol. The van der Waals surface area contributed by atoms with Gasteiger partial charge in [-0.3, -0.25) is 19.8 Å². The van der Waals surface area contributed by atoms with Crippen molar-refractivity contribution in [2.75, 3.05) is 4.90 Å². The van der Waals surface area contributed by atoms with Crippen LogP contribution in [0.4, 0.5) is 11.4 Å². The summed E-state index contributed by atoms with van der Waals surface area (Å²) in [5.41, 5.74) is 1.41. The number of nitro benzene ring substituents is 1. The molecule has 0 bridgehead atoms. The lowest BCUT2D eigenvalue weighted by molar-refractivity contribution is -0.385. The lowest BCUT2D eigenvalue weighted by Crippen LogP contribution is -2.49. The molecule has 0 atom stereocenters. The van der Waals surface area contributed by atoms with E-state index in [0.29, 0.717) is 5.69 Å². The molecule has 0 spiro atoms. The van der Waals surface area contributed by atoms with Crippen LogP contribution in [-0.4, -0.2) is 21.5 Å². The van der Waals surface area contributed by atoms with Gasteiger partial charge in [0.15, 0.2) is 0 Å². The number of allylic oxidation sites excluding steroid dienone is 1. The van der Waals surface area contributed by atoms with Gasteiger partial charge in [-0.05, 0) is 50.6 Å². The summed E-state index contributed by atoms with van der Waals surface area (Å²) in [4.78, 5) is 25.5. The second-order valence-corrected chi connectivity index (χ2v) is 6.60. The second-order valence-electron chi connectivity index (χ2n) is 6.60. The van der Waals surface area contributed by atoms with Crippen molar-refractivity contribution in [3.05, 3.63) is 69.8 Å². The Balaban J connectivity index is 2.20. The smallest absolute Gasteiger partial charge is 0.282 e. The van der Waals surface area contributed by atoms with Crippen LogP contribution >= 0.6 is 0 Å². The summed E-state index contributed by atoms with van der Waals surface area (Å²) in [6.45, 7) is 5.66. The minimum Gasteiger partial charge on any atom is -0.508 e. The molecule has 1 heterocycles. The van der Waals surface area contributed by atoms with Crippen molar-refractivity contribution in [2.45, 2.75) is 26.3 Å². The molecule has 0 aromatic heterocycles. The van der Waals surface area contributed by atoms with Crippen molar-refractivity contribution in [1.29, 1.82) is 0 Å². The maximum atomic E-state index is 13.2. The molecule has 3 rings (SSSR count). The van der Waals surface area contributed by atoms with E-state index in [0.717, 1.165) is 11.1 Å². The lowest BCUT2D eigenvalue weighted by Gasteiger charge is -2.41. The molecule has 1 aliphatic heterocycles. The maximum Gasteiger partial charge on any atom is 0.282 e. The number of phenols is 1. The number of anilines is 1. The van der Waals surface area contributed by atoms with Gasteiger partial charge in [-0.2, -0.15) is 0 Å². The molecule has 1 amide bonds. The van der Waals surface area contributed by atoms with Gasteiger partial charge in [0.1, 0.15) is 11.3 Å². The van der Waals surface area contributed by atoms with E-state index in [4.69, 9.17) is 0 Å². The lowest BCUT2D eigenvalue weighted by atomic mass is 9.88. The Morgan fingerprint density at radius 1 is 1.20 bits per heavy atom. The number of amides is 1. The topological polar surface area (TPSA) is 83.7 Å². The molecule has 0 aliphatic carbocycles. The van der Waals surface area contributed by atoms with Gasteiger partial charge in [-0.25, -0.2) is 0 Å². The highest BCUT2D eigenvalue weighted by Gasteiger charge is 2.38. The summed E-state index contributed by atoms with van der Waals surface area (Å²) >= 11 is 0. The number of hydrogen-bond donors (Lipinski definition) is 1. The van der Waals surface area contributed by atoms with E-state index in [1.54, 1.807) is 18.2 Å². The summed E-state index contributed by atoms with van der Waals surface area (Å²) in [5.74, 6) is -0.350. The molecule has 128 valence electrons. The monoisotopic (exact) mass is 338 g/mol. The Hall–Kier alpha value is -3.15. The van der Waals surface area contributed by atoms with Crippen LogP contribution in [0.2, 0.25) is 0 Å². The van der Waals surface area contributed by atoms with Crippen LogP contribution in [0.25, 0.3) is 5.57 Å². The molecule has 6 nitrogen and oxygen atoms in total. The zero-order valence-electron chi connectivity index (χ0n) is 14.2. The maximum absolute atomic E-state index is 13.2. The largest absolute Gasteiger partial charge is 0.508 e. The Bertz CT molecular complexity index is 915. The number of carbonyl (C=O) groups excluding carboxylic acids is 1. The highest BCUT2D eigenvalue weighted by Crippen LogP contribution is 2.41. The number of carbonyl (C=O) groups is 1.